The molecule has 5 heteroatoms. The highest BCUT2D eigenvalue weighted by Crippen LogP contribution is 2.20. The lowest BCUT2D eigenvalue weighted by Gasteiger charge is -2.25. The summed E-state index contributed by atoms with van der Waals surface area (Å²) in [5.74, 6) is 1.32. The van der Waals surface area contributed by atoms with Crippen LogP contribution in [0, 0.1) is 6.92 Å². The van der Waals surface area contributed by atoms with Crippen molar-refractivity contribution in [2.45, 2.75) is 26.7 Å². The van der Waals surface area contributed by atoms with E-state index in [0.29, 0.717) is 12.2 Å². The largest absolute Gasteiger partial charge is 0.463 e. The van der Waals surface area contributed by atoms with E-state index in [1.54, 1.807) is 6.20 Å². The lowest BCUT2D eigenvalue weighted by atomic mass is 10.1. The van der Waals surface area contributed by atoms with E-state index in [0.717, 1.165) is 31.0 Å². The Labute approximate surface area is 106 Å². The molecular formula is C13H17N3O2. The maximum Gasteiger partial charge on any atom is 0.335 e. The highest BCUT2D eigenvalue weighted by atomic mass is 16.5. The SMILES string of the molecule is CCOC(=O)C1=CN(c2ccnc(C)n2)CCC1. The van der Waals surface area contributed by atoms with E-state index in [1.165, 1.54) is 0 Å². The van der Waals surface area contributed by atoms with Gasteiger partial charge in [0.05, 0.1) is 12.2 Å². The minimum Gasteiger partial charge on any atom is -0.463 e. The number of hydrogen-bond acceptors (Lipinski definition) is 5. The van der Waals surface area contributed by atoms with Gasteiger partial charge >= 0.3 is 5.97 Å². The Morgan fingerprint density at radius 1 is 1.56 bits per heavy atom. The molecule has 2 rings (SSSR count). The summed E-state index contributed by atoms with van der Waals surface area (Å²) in [6.45, 7) is 4.93. The first-order valence-electron chi connectivity index (χ1n) is 6.15. The fraction of sp³-hybridized carbons (Fsp3) is 0.462. The van der Waals surface area contributed by atoms with Crippen molar-refractivity contribution >= 4 is 11.8 Å². The van der Waals surface area contributed by atoms with E-state index in [-0.39, 0.29) is 5.97 Å². The number of esters is 1. The molecular weight excluding hydrogens is 230 g/mol. The molecule has 1 aromatic rings. The van der Waals surface area contributed by atoms with E-state index >= 15 is 0 Å². The van der Waals surface area contributed by atoms with Gasteiger partial charge in [-0.15, -0.1) is 0 Å². The van der Waals surface area contributed by atoms with Crippen LogP contribution in [0.4, 0.5) is 5.82 Å². The van der Waals surface area contributed by atoms with E-state index in [9.17, 15) is 4.79 Å². The van der Waals surface area contributed by atoms with Crippen LogP contribution in [0.25, 0.3) is 0 Å². The van der Waals surface area contributed by atoms with Crippen molar-refractivity contribution < 1.29 is 9.53 Å². The Hall–Kier alpha value is -1.91. The highest BCUT2D eigenvalue weighted by molar-refractivity contribution is 5.89. The highest BCUT2D eigenvalue weighted by Gasteiger charge is 2.18. The Kier molecular flexibility index (Phi) is 3.92. The summed E-state index contributed by atoms with van der Waals surface area (Å²) >= 11 is 0. The Morgan fingerprint density at radius 3 is 3.11 bits per heavy atom. The molecule has 5 nitrogen and oxygen atoms in total. The summed E-state index contributed by atoms with van der Waals surface area (Å²) in [6, 6.07) is 1.84. The quantitative estimate of drug-likeness (QED) is 0.763. The zero-order chi connectivity index (χ0) is 13.0. The van der Waals surface area contributed by atoms with E-state index in [2.05, 4.69) is 9.97 Å². The second-order valence-electron chi connectivity index (χ2n) is 4.13. The lowest BCUT2D eigenvalue weighted by molar-refractivity contribution is -0.138. The topological polar surface area (TPSA) is 55.3 Å². The molecule has 0 aromatic carbocycles. The molecule has 0 saturated heterocycles. The van der Waals surface area contributed by atoms with Crippen LogP contribution in [0.5, 0.6) is 0 Å². The number of aromatic nitrogens is 2. The average molecular weight is 247 g/mol. The molecule has 1 aromatic heterocycles. The Bertz CT molecular complexity index is 471. The Morgan fingerprint density at radius 2 is 2.39 bits per heavy atom. The van der Waals surface area contributed by atoms with Crippen molar-refractivity contribution in [2.75, 3.05) is 18.1 Å². The summed E-state index contributed by atoms with van der Waals surface area (Å²) in [4.78, 5) is 22.1. The van der Waals surface area contributed by atoms with Crippen molar-refractivity contribution in [3.8, 4) is 0 Å². The summed E-state index contributed by atoms with van der Waals surface area (Å²) < 4.78 is 5.02. The molecule has 0 bridgehead atoms. The molecule has 0 unspecified atom stereocenters. The van der Waals surface area contributed by atoms with E-state index in [1.807, 2.05) is 31.0 Å². The molecule has 1 aliphatic rings. The molecule has 18 heavy (non-hydrogen) atoms. The molecule has 1 aliphatic heterocycles. The van der Waals surface area contributed by atoms with Gasteiger partial charge in [0, 0.05) is 18.9 Å². The molecule has 0 aliphatic carbocycles. The Balaban J connectivity index is 2.19. The number of anilines is 1. The molecule has 0 atom stereocenters. The molecule has 0 saturated carbocycles. The van der Waals surface area contributed by atoms with Crippen molar-refractivity contribution in [3.63, 3.8) is 0 Å². The van der Waals surface area contributed by atoms with Gasteiger partial charge in [-0.05, 0) is 32.8 Å². The van der Waals surface area contributed by atoms with Crippen LogP contribution in [0.1, 0.15) is 25.6 Å². The molecule has 0 spiro atoms. The van der Waals surface area contributed by atoms with Crippen LogP contribution in [0.2, 0.25) is 0 Å². The number of carbonyl (C=O) groups is 1. The van der Waals surface area contributed by atoms with Crippen molar-refractivity contribution in [1.29, 1.82) is 0 Å². The smallest absolute Gasteiger partial charge is 0.335 e. The van der Waals surface area contributed by atoms with Gasteiger partial charge in [0.25, 0.3) is 0 Å². The normalized spacial score (nSPS) is 15.2. The molecule has 0 N–H and O–H groups in total. The number of ether oxygens (including phenoxy) is 1. The molecule has 0 radical (unpaired) electrons. The first kappa shape index (κ1) is 12.5. The maximum absolute atomic E-state index is 11.7. The first-order chi connectivity index (χ1) is 8.70. The number of rotatable bonds is 3. The van der Waals surface area contributed by atoms with Gasteiger partial charge in [0.15, 0.2) is 0 Å². The minimum atomic E-state index is -0.229. The van der Waals surface area contributed by atoms with Gasteiger partial charge in [0.2, 0.25) is 0 Å². The zero-order valence-electron chi connectivity index (χ0n) is 10.7. The van der Waals surface area contributed by atoms with Crippen LogP contribution < -0.4 is 4.90 Å². The predicted octanol–water partition coefficient (Wildman–Crippen LogP) is 1.83. The van der Waals surface area contributed by atoms with Crippen LogP contribution in [0.3, 0.4) is 0 Å². The lowest BCUT2D eigenvalue weighted by Crippen LogP contribution is -2.26. The summed E-state index contributed by atoms with van der Waals surface area (Å²) in [7, 11) is 0. The van der Waals surface area contributed by atoms with E-state index < -0.39 is 0 Å². The van der Waals surface area contributed by atoms with Crippen molar-refractivity contribution in [1.82, 2.24) is 9.97 Å². The fourth-order valence-electron chi connectivity index (χ4n) is 1.92. The predicted molar refractivity (Wildman–Crippen MR) is 68.1 cm³/mol. The monoisotopic (exact) mass is 247 g/mol. The van der Waals surface area contributed by atoms with Crippen LogP contribution in [-0.2, 0) is 9.53 Å². The minimum absolute atomic E-state index is 0.229. The standard InChI is InChI=1S/C13H17N3O2/c1-3-18-13(17)11-5-4-8-16(9-11)12-6-7-14-10(2)15-12/h6-7,9H,3-5,8H2,1-2H3. The second-order valence-corrected chi connectivity index (χ2v) is 4.13. The van der Waals surface area contributed by atoms with Crippen molar-refractivity contribution in [2.24, 2.45) is 0 Å². The third-order valence-corrected chi connectivity index (χ3v) is 2.75. The third kappa shape index (κ3) is 2.85. The summed E-state index contributed by atoms with van der Waals surface area (Å²) in [5, 5.41) is 0. The van der Waals surface area contributed by atoms with Crippen LogP contribution in [-0.4, -0.2) is 29.1 Å². The number of nitrogens with zero attached hydrogens (tertiary/aromatic N) is 3. The molecule has 0 amide bonds. The molecule has 96 valence electrons. The second kappa shape index (κ2) is 5.62. The molecule has 0 fully saturated rings. The van der Waals surface area contributed by atoms with Gasteiger partial charge in [-0.3, -0.25) is 0 Å². The fourth-order valence-corrected chi connectivity index (χ4v) is 1.92. The zero-order valence-corrected chi connectivity index (χ0v) is 10.7. The summed E-state index contributed by atoms with van der Waals surface area (Å²) in [5.41, 5.74) is 0.708. The van der Waals surface area contributed by atoms with Gasteiger partial charge < -0.3 is 9.64 Å². The van der Waals surface area contributed by atoms with Crippen molar-refractivity contribution in [3.05, 3.63) is 29.9 Å². The third-order valence-electron chi connectivity index (χ3n) is 2.75. The van der Waals surface area contributed by atoms with Crippen LogP contribution >= 0.6 is 0 Å². The number of aryl methyl sites for hydroxylation is 1. The van der Waals surface area contributed by atoms with Gasteiger partial charge in [-0.1, -0.05) is 0 Å². The van der Waals surface area contributed by atoms with Gasteiger partial charge in [0.1, 0.15) is 11.6 Å². The van der Waals surface area contributed by atoms with E-state index in [4.69, 9.17) is 4.74 Å². The maximum atomic E-state index is 11.7. The number of hydrogen-bond donors (Lipinski definition) is 0. The molecule has 2 heterocycles. The van der Waals surface area contributed by atoms with Gasteiger partial charge in [-0.25, -0.2) is 14.8 Å². The summed E-state index contributed by atoms with van der Waals surface area (Å²) in [6.07, 6.45) is 5.25. The first-order valence-corrected chi connectivity index (χ1v) is 6.15. The van der Waals surface area contributed by atoms with Gasteiger partial charge in [-0.2, -0.15) is 0 Å². The average Bonchev–Trinajstić information content (AvgIpc) is 2.39. The number of carbonyl (C=O) groups excluding carboxylic acids is 1. The van der Waals surface area contributed by atoms with Crippen LogP contribution in [0.15, 0.2) is 24.0 Å².